The van der Waals surface area contributed by atoms with Crippen molar-refractivity contribution in [1.82, 2.24) is 0 Å². The monoisotopic (exact) mass is 292 g/mol. The van der Waals surface area contributed by atoms with Gasteiger partial charge in [-0.1, -0.05) is 6.07 Å². The Kier molecular flexibility index (Phi) is 3.01. The summed E-state index contributed by atoms with van der Waals surface area (Å²) in [5.74, 6) is -0.886. The third kappa shape index (κ3) is 2.29. The molecule has 0 amide bonds. The third-order valence-electron chi connectivity index (χ3n) is 3.48. The van der Waals surface area contributed by atoms with Gasteiger partial charge in [-0.15, -0.1) is 0 Å². The van der Waals surface area contributed by atoms with Crippen molar-refractivity contribution in [3.63, 3.8) is 0 Å². The van der Waals surface area contributed by atoms with Gasteiger partial charge in [0.05, 0.1) is 0 Å². The average Bonchev–Trinajstić information content (AvgIpc) is 2.42. The van der Waals surface area contributed by atoms with Crippen LogP contribution in [-0.2, 0) is 6.42 Å². The highest BCUT2D eigenvalue weighted by Gasteiger charge is 2.33. The Hall–Kier alpha value is -2.63. The number of rotatable bonds is 1. The lowest BCUT2D eigenvalue weighted by Gasteiger charge is -2.30. The number of benzene rings is 2. The molecule has 1 aliphatic heterocycles. The van der Waals surface area contributed by atoms with E-state index >= 15 is 0 Å². The summed E-state index contributed by atoms with van der Waals surface area (Å²) in [5, 5.41) is 38.0. The van der Waals surface area contributed by atoms with Crippen molar-refractivity contribution in [2.24, 2.45) is 0 Å². The Morgan fingerprint density at radius 3 is 2.43 bits per heavy atom. The zero-order chi connectivity index (χ0) is 15.1. The molecule has 0 saturated carbocycles. The molecule has 2 aromatic rings. The zero-order valence-electron chi connectivity index (χ0n) is 10.8. The molecule has 1 unspecified atom stereocenters. The lowest BCUT2D eigenvalue weighted by Crippen LogP contribution is -2.27. The van der Waals surface area contributed by atoms with E-state index in [1.165, 1.54) is 24.3 Å². The first-order chi connectivity index (χ1) is 9.95. The molecule has 5 nitrogen and oxygen atoms in total. The van der Waals surface area contributed by atoms with Gasteiger partial charge < -0.3 is 25.2 Å². The summed E-state index contributed by atoms with van der Waals surface area (Å²) in [6.07, 6.45) is -2.50. The number of aromatic hydroxyl groups is 4. The summed E-state index contributed by atoms with van der Waals surface area (Å²) >= 11 is 0. The van der Waals surface area contributed by atoms with Gasteiger partial charge in [0, 0.05) is 24.1 Å². The molecule has 0 fully saturated rings. The van der Waals surface area contributed by atoms with Crippen LogP contribution in [0.4, 0.5) is 4.39 Å². The van der Waals surface area contributed by atoms with Crippen molar-refractivity contribution in [3.05, 3.63) is 41.5 Å². The quantitative estimate of drug-likeness (QED) is 0.606. The van der Waals surface area contributed by atoms with Crippen molar-refractivity contribution in [2.45, 2.75) is 18.7 Å². The maximum atomic E-state index is 14.3. The minimum absolute atomic E-state index is 0.0756. The summed E-state index contributed by atoms with van der Waals surface area (Å²) in [6.45, 7) is 0. The second-order valence-electron chi connectivity index (χ2n) is 4.95. The van der Waals surface area contributed by atoms with Gasteiger partial charge in [-0.25, -0.2) is 4.39 Å². The maximum Gasteiger partial charge on any atom is 0.157 e. The van der Waals surface area contributed by atoms with E-state index in [1.807, 2.05) is 0 Å². The molecule has 6 heteroatoms. The van der Waals surface area contributed by atoms with E-state index in [1.54, 1.807) is 0 Å². The predicted octanol–water partition coefficient (Wildman–Crippen LogP) is 2.52. The highest BCUT2D eigenvalue weighted by molar-refractivity contribution is 5.52. The summed E-state index contributed by atoms with van der Waals surface area (Å²) in [5.41, 5.74) is 0.644. The van der Waals surface area contributed by atoms with E-state index in [-0.39, 0.29) is 35.2 Å². The average molecular weight is 292 g/mol. The number of halogens is 1. The topological polar surface area (TPSA) is 90.2 Å². The van der Waals surface area contributed by atoms with Crippen LogP contribution >= 0.6 is 0 Å². The highest BCUT2D eigenvalue weighted by atomic mass is 19.1. The molecule has 2 atom stereocenters. The van der Waals surface area contributed by atoms with Crippen LogP contribution in [-0.4, -0.2) is 26.6 Å². The van der Waals surface area contributed by atoms with Gasteiger partial charge in [-0.2, -0.15) is 0 Å². The first-order valence-electron chi connectivity index (χ1n) is 6.33. The Balaban J connectivity index is 2.00. The molecular weight excluding hydrogens is 279 g/mol. The van der Waals surface area contributed by atoms with Gasteiger partial charge >= 0.3 is 0 Å². The molecule has 0 aliphatic carbocycles. The Bertz CT molecular complexity index is 701. The summed E-state index contributed by atoms with van der Waals surface area (Å²) in [7, 11) is 0. The SMILES string of the molecule is Oc1cc(O)c2c(c1)OC(c1ccc(O)c(O)c1)[C@H](F)C2. The Morgan fingerprint density at radius 1 is 0.952 bits per heavy atom. The van der Waals surface area contributed by atoms with Gasteiger partial charge in [0.2, 0.25) is 0 Å². The van der Waals surface area contributed by atoms with E-state index in [4.69, 9.17) is 4.74 Å². The molecule has 4 N–H and O–H groups in total. The molecule has 0 radical (unpaired) electrons. The van der Waals surface area contributed by atoms with Crippen molar-refractivity contribution in [1.29, 1.82) is 0 Å². The molecule has 0 spiro atoms. The summed E-state index contributed by atoms with van der Waals surface area (Å²) in [6, 6.07) is 6.34. The first kappa shape index (κ1) is 13.4. The standard InChI is InChI=1S/C15H13FO5/c16-10-6-9-12(19)4-8(17)5-14(9)21-15(10)7-1-2-11(18)13(20)3-7/h1-5,10,15,17-20H,6H2/t10-,15?/m1/s1. The Morgan fingerprint density at radius 2 is 1.71 bits per heavy atom. The molecule has 110 valence electrons. The molecular formula is C15H13FO5. The van der Waals surface area contributed by atoms with Gasteiger partial charge in [0.25, 0.3) is 0 Å². The highest BCUT2D eigenvalue weighted by Crippen LogP contribution is 2.43. The molecule has 0 aromatic heterocycles. The fourth-order valence-corrected chi connectivity index (χ4v) is 2.43. The normalized spacial score (nSPS) is 20.6. The number of phenols is 4. The minimum Gasteiger partial charge on any atom is -0.508 e. The molecule has 1 heterocycles. The van der Waals surface area contributed by atoms with E-state index in [9.17, 15) is 24.8 Å². The lowest BCUT2D eigenvalue weighted by atomic mass is 9.95. The van der Waals surface area contributed by atoms with Crippen LogP contribution in [0, 0.1) is 0 Å². The van der Waals surface area contributed by atoms with Gasteiger partial charge in [0.1, 0.15) is 23.4 Å². The van der Waals surface area contributed by atoms with Crippen molar-refractivity contribution in [3.8, 4) is 28.7 Å². The van der Waals surface area contributed by atoms with Crippen LogP contribution in [0.3, 0.4) is 0 Å². The van der Waals surface area contributed by atoms with Crippen molar-refractivity contribution >= 4 is 0 Å². The van der Waals surface area contributed by atoms with Crippen LogP contribution in [0.2, 0.25) is 0 Å². The number of hydrogen-bond acceptors (Lipinski definition) is 5. The van der Waals surface area contributed by atoms with Crippen LogP contribution in [0.1, 0.15) is 17.2 Å². The number of phenolic OH excluding ortho intramolecular Hbond substituents is 4. The maximum absolute atomic E-state index is 14.3. The molecule has 2 aromatic carbocycles. The fourth-order valence-electron chi connectivity index (χ4n) is 2.43. The summed E-state index contributed by atoms with van der Waals surface area (Å²) in [4.78, 5) is 0. The number of fused-ring (bicyclic) bond motifs is 1. The van der Waals surface area contributed by atoms with Crippen LogP contribution in [0.15, 0.2) is 30.3 Å². The second kappa shape index (κ2) is 4.73. The van der Waals surface area contributed by atoms with E-state index in [2.05, 4.69) is 0 Å². The Labute approximate surface area is 119 Å². The molecule has 3 rings (SSSR count). The van der Waals surface area contributed by atoms with Crippen LogP contribution in [0.25, 0.3) is 0 Å². The van der Waals surface area contributed by atoms with E-state index in [0.29, 0.717) is 11.1 Å². The largest absolute Gasteiger partial charge is 0.508 e. The number of ether oxygens (including phenoxy) is 1. The molecule has 0 bridgehead atoms. The molecule has 1 aliphatic rings. The van der Waals surface area contributed by atoms with Crippen LogP contribution in [0.5, 0.6) is 28.7 Å². The lowest BCUT2D eigenvalue weighted by molar-refractivity contribution is 0.0796. The number of hydrogen-bond donors (Lipinski definition) is 4. The zero-order valence-corrected chi connectivity index (χ0v) is 10.8. The van der Waals surface area contributed by atoms with Crippen LogP contribution < -0.4 is 4.74 Å². The van der Waals surface area contributed by atoms with Gasteiger partial charge in [-0.05, 0) is 17.7 Å². The second-order valence-corrected chi connectivity index (χ2v) is 4.95. The molecule has 0 saturated heterocycles. The van der Waals surface area contributed by atoms with E-state index < -0.39 is 12.3 Å². The predicted molar refractivity (Wildman–Crippen MR) is 71.5 cm³/mol. The van der Waals surface area contributed by atoms with Gasteiger partial charge in [0.15, 0.2) is 17.6 Å². The first-order valence-corrected chi connectivity index (χ1v) is 6.33. The van der Waals surface area contributed by atoms with Crippen molar-refractivity contribution in [2.75, 3.05) is 0 Å². The van der Waals surface area contributed by atoms with Gasteiger partial charge in [-0.3, -0.25) is 0 Å². The molecule has 21 heavy (non-hydrogen) atoms. The fraction of sp³-hybridized carbons (Fsp3) is 0.200. The van der Waals surface area contributed by atoms with Crippen molar-refractivity contribution < 1.29 is 29.6 Å². The minimum atomic E-state index is -1.43. The summed E-state index contributed by atoms with van der Waals surface area (Å²) < 4.78 is 19.8. The third-order valence-corrected chi connectivity index (χ3v) is 3.48. The smallest absolute Gasteiger partial charge is 0.157 e. The van der Waals surface area contributed by atoms with E-state index in [0.717, 1.165) is 6.07 Å². The number of alkyl halides is 1.